The SMILES string of the molecule is Cc1ccoc1CNC1C(NC(=O)OC(C)(C)C)C2CCOC21. The molecule has 2 fully saturated rings. The molecule has 3 rings (SSSR count). The van der Waals surface area contributed by atoms with Crippen molar-refractivity contribution in [3.05, 3.63) is 23.7 Å². The van der Waals surface area contributed by atoms with Crippen LogP contribution in [0.4, 0.5) is 4.79 Å². The molecule has 1 aliphatic carbocycles. The van der Waals surface area contributed by atoms with Crippen molar-refractivity contribution >= 4 is 6.09 Å². The minimum absolute atomic E-state index is 0.0348. The number of carbonyl (C=O) groups excluding carboxylic acids is 1. The molecule has 128 valence electrons. The molecule has 6 heteroatoms. The highest BCUT2D eigenvalue weighted by Crippen LogP contribution is 2.39. The van der Waals surface area contributed by atoms with Crippen LogP contribution in [0.5, 0.6) is 0 Å². The second-order valence-corrected chi connectivity index (χ2v) is 7.39. The van der Waals surface area contributed by atoms with E-state index in [9.17, 15) is 4.79 Å². The predicted molar refractivity (Wildman–Crippen MR) is 85.1 cm³/mol. The van der Waals surface area contributed by atoms with Gasteiger partial charge in [-0.15, -0.1) is 0 Å². The first-order valence-corrected chi connectivity index (χ1v) is 8.22. The van der Waals surface area contributed by atoms with E-state index in [-0.39, 0.29) is 24.3 Å². The van der Waals surface area contributed by atoms with Gasteiger partial charge in [-0.05, 0) is 45.7 Å². The lowest BCUT2D eigenvalue weighted by Crippen LogP contribution is -2.70. The van der Waals surface area contributed by atoms with Gasteiger partial charge < -0.3 is 24.5 Å². The van der Waals surface area contributed by atoms with Crippen LogP contribution in [0.25, 0.3) is 0 Å². The molecule has 0 aromatic carbocycles. The number of nitrogens with one attached hydrogen (secondary N) is 2. The predicted octanol–water partition coefficient (Wildman–Crippen LogP) is 2.36. The summed E-state index contributed by atoms with van der Waals surface area (Å²) in [5.41, 5.74) is 0.630. The Labute approximate surface area is 136 Å². The Hall–Kier alpha value is -1.53. The Morgan fingerprint density at radius 3 is 2.83 bits per heavy atom. The van der Waals surface area contributed by atoms with Gasteiger partial charge in [0.2, 0.25) is 0 Å². The minimum atomic E-state index is -0.492. The van der Waals surface area contributed by atoms with Crippen molar-refractivity contribution < 1.29 is 18.7 Å². The topological polar surface area (TPSA) is 72.7 Å². The fraction of sp³-hybridized carbons (Fsp3) is 0.706. The van der Waals surface area contributed by atoms with Crippen molar-refractivity contribution in [2.75, 3.05) is 6.61 Å². The summed E-state index contributed by atoms with van der Waals surface area (Å²) in [4.78, 5) is 12.1. The van der Waals surface area contributed by atoms with E-state index in [0.29, 0.717) is 12.5 Å². The van der Waals surface area contributed by atoms with Crippen molar-refractivity contribution in [1.82, 2.24) is 10.6 Å². The summed E-state index contributed by atoms with van der Waals surface area (Å²) in [6.07, 6.45) is 2.46. The Kier molecular flexibility index (Phi) is 4.38. The maximum Gasteiger partial charge on any atom is 0.407 e. The second kappa shape index (κ2) is 6.17. The van der Waals surface area contributed by atoms with E-state index < -0.39 is 5.60 Å². The summed E-state index contributed by atoms with van der Waals surface area (Å²) in [5.74, 6) is 1.28. The molecule has 6 nitrogen and oxygen atoms in total. The van der Waals surface area contributed by atoms with E-state index in [4.69, 9.17) is 13.9 Å². The summed E-state index contributed by atoms with van der Waals surface area (Å²) < 4.78 is 16.6. The Bertz CT molecular complexity index is 563. The highest BCUT2D eigenvalue weighted by molar-refractivity contribution is 5.68. The molecule has 1 saturated carbocycles. The average molecular weight is 322 g/mol. The molecule has 0 bridgehead atoms. The number of alkyl carbamates (subject to hydrolysis) is 1. The first-order chi connectivity index (χ1) is 10.8. The summed E-state index contributed by atoms with van der Waals surface area (Å²) >= 11 is 0. The van der Waals surface area contributed by atoms with E-state index in [1.807, 2.05) is 33.8 Å². The Morgan fingerprint density at radius 2 is 2.17 bits per heavy atom. The maximum absolute atomic E-state index is 12.1. The summed E-state index contributed by atoms with van der Waals surface area (Å²) in [6.45, 7) is 8.99. The molecule has 0 spiro atoms. The molecule has 4 unspecified atom stereocenters. The van der Waals surface area contributed by atoms with Gasteiger partial charge in [0.05, 0.1) is 31.0 Å². The molecule has 2 N–H and O–H groups in total. The van der Waals surface area contributed by atoms with Gasteiger partial charge in [0, 0.05) is 12.5 Å². The van der Waals surface area contributed by atoms with Crippen LogP contribution in [-0.4, -0.2) is 36.5 Å². The van der Waals surface area contributed by atoms with Crippen molar-refractivity contribution in [3.8, 4) is 0 Å². The molecule has 1 aromatic rings. The van der Waals surface area contributed by atoms with E-state index in [1.54, 1.807) is 6.26 Å². The highest BCUT2D eigenvalue weighted by Gasteiger charge is 2.54. The fourth-order valence-corrected chi connectivity index (χ4v) is 3.39. The Morgan fingerprint density at radius 1 is 1.39 bits per heavy atom. The summed E-state index contributed by atoms with van der Waals surface area (Å²) in [7, 11) is 0. The molecular formula is C17H26N2O4. The van der Waals surface area contributed by atoms with Crippen LogP contribution in [0.1, 0.15) is 38.5 Å². The minimum Gasteiger partial charge on any atom is -0.468 e. The molecule has 1 aliphatic heterocycles. The van der Waals surface area contributed by atoms with Crippen LogP contribution < -0.4 is 10.6 Å². The zero-order valence-electron chi connectivity index (χ0n) is 14.2. The normalized spacial score (nSPS) is 29.7. The Balaban J connectivity index is 1.59. The van der Waals surface area contributed by atoms with Gasteiger partial charge in [0.15, 0.2) is 0 Å². The number of ether oxygens (including phenoxy) is 2. The summed E-state index contributed by atoms with van der Waals surface area (Å²) in [5, 5.41) is 6.47. The quantitative estimate of drug-likeness (QED) is 0.890. The third-order valence-corrected chi connectivity index (χ3v) is 4.54. The van der Waals surface area contributed by atoms with Gasteiger partial charge in [0.1, 0.15) is 11.4 Å². The number of carbonyl (C=O) groups is 1. The number of hydrogen-bond acceptors (Lipinski definition) is 5. The third-order valence-electron chi connectivity index (χ3n) is 4.54. The van der Waals surface area contributed by atoms with Gasteiger partial charge in [-0.3, -0.25) is 0 Å². The van der Waals surface area contributed by atoms with Crippen molar-refractivity contribution in [3.63, 3.8) is 0 Å². The largest absolute Gasteiger partial charge is 0.468 e. The second-order valence-electron chi connectivity index (χ2n) is 7.39. The third kappa shape index (κ3) is 3.53. The van der Waals surface area contributed by atoms with Gasteiger partial charge >= 0.3 is 6.09 Å². The molecular weight excluding hydrogens is 296 g/mol. The smallest absolute Gasteiger partial charge is 0.407 e. The molecule has 4 atom stereocenters. The lowest BCUT2D eigenvalue weighted by atomic mass is 9.71. The van der Waals surface area contributed by atoms with Gasteiger partial charge in [0.25, 0.3) is 0 Å². The molecule has 2 heterocycles. The van der Waals surface area contributed by atoms with Crippen molar-refractivity contribution in [2.24, 2.45) is 5.92 Å². The monoisotopic (exact) mass is 322 g/mol. The highest BCUT2D eigenvalue weighted by atomic mass is 16.6. The van der Waals surface area contributed by atoms with E-state index in [1.165, 1.54) is 0 Å². The number of hydrogen-bond donors (Lipinski definition) is 2. The van der Waals surface area contributed by atoms with Crippen LogP contribution in [0.2, 0.25) is 0 Å². The van der Waals surface area contributed by atoms with Crippen molar-refractivity contribution in [2.45, 2.75) is 64.4 Å². The first-order valence-electron chi connectivity index (χ1n) is 8.22. The first kappa shape index (κ1) is 16.3. The van der Waals surface area contributed by atoms with Gasteiger partial charge in [-0.25, -0.2) is 4.79 Å². The average Bonchev–Trinajstić information content (AvgIpc) is 3.02. The van der Waals surface area contributed by atoms with Crippen molar-refractivity contribution in [1.29, 1.82) is 0 Å². The number of rotatable bonds is 4. The van der Waals surface area contributed by atoms with Crippen LogP contribution in [0.3, 0.4) is 0 Å². The lowest BCUT2D eigenvalue weighted by molar-refractivity contribution is -0.0349. The number of furan rings is 1. The lowest BCUT2D eigenvalue weighted by Gasteiger charge is -2.48. The zero-order chi connectivity index (χ0) is 16.6. The van der Waals surface area contributed by atoms with Crippen LogP contribution in [-0.2, 0) is 16.0 Å². The summed E-state index contributed by atoms with van der Waals surface area (Å²) in [6, 6.07) is 2.07. The standard InChI is InChI=1S/C17H26N2O4/c1-10-5-7-21-12(10)9-18-14-13(11-6-8-22-15(11)14)19-16(20)23-17(2,3)4/h5,7,11,13-15,18H,6,8-9H2,1-4H3,(H,19,20). The number of fused-ring (bicyclic) bond motifs is 1. The van der Waals surface area contributed by atoms with E-state index >= 15 is 0 Å². The maximum atomic E-state index is 12.1. The molecule has 1 amide bonds. The van der Waals surface area contributed by atoms with Gasteiger partial charge in [-0.2, -0.15) is 0 Å². The molecule has 23 heavy (non-hydrogen) atoms. The van der Waals surface area contributed by atoms with E-state index in [0.717, 1.165) is 24.4 Å². The molecule has 1 saturated heterocycles. The van der Waals surface area contributed by atoms with E-state index in [2.05, 4.69) is 10.6 Å². The molecule has 1 aromatic heterocycles. The van der Waals surface area contributed by atoms with Gasteiger partial charge in [-0.1, -0.05) is 0 Å². The molecule has 0 radical (unpaired) electrons. The molecule has 2 aliphatic rings. The number of amides is 1. The number of aryl methyl sites for hydroxylation is 1. The van der Waals surface area contributed by atoms with Crippen LogP contribution in [0.15, 0.2) is 16.7 Å². The zero-order valence-corrected chi connectivity index (χ0v) is 14.2. The van der Waals surface area contributed by atoms with Crippen LogP contribution in [0, 0.1) is 12.8 Å². The van der Waals surface area contributed by atoms with Crippen LogP contribution >= 0.6 is 0 Å². The fourth-order valence-electron chi connectivity index (χ4n) is 3.39.